The molecule has 23 heavy (non-hydrogen) atoms. The molecule has 3 aromatic rings. The molecule has 122 valence electrons. The molecule has 0 spiro atoms. The Labute approximate surface area is 138 Å². The Morgan fingerprint density at radius 2 is 2.26 bits per heavy atom. The van der Waals surface area contributed by atoms with Crippen molar-refractivity contribution in [2.75, 3.05) is 20.3 Å². The summed E-state index contributed by atoms with van der Waals surface area (Å²) in [6.45, 7) is 1.62. The van der Waals surface area contributed by atoms with Gasteiger partial charge in [0, 0.05) is 30.5 Å². The molecule has 0 aliphatic rings. The summed E-state index contributed by atoms with van der Waals surface area (Å²) in [6.07, 6.45) is 1.33. The van der Waals surface area contributed by atoms with Crippen LogP contribution in [-0.4, -0.2) is 35.0 Å². The molecule has 2 aromatic heterocycles. The van der Waals surface area contributed by atoms with E-state index in [1.165, 1.54) is 0 Å². The number of nitrogens with one attached hydrogen (secondary N) is 1. The Bertz CT molecular complexity index is 900. The van der Waals surface area contributed by atoms with Crippen LogP contribution in [0, 0.1) is 0 Å². The molecular weight excluding hydrogens is 316 g/mol. The Morgan fingerprint density at radius 1 is 1.43 bits per heavy atom. The Morgan fingerprint density at radius 3 is 3.00 bits per heavy atom. The topological polar surface area (TPSA) is 85.9 Å². The van der Waals surface area contributed by atoms with Gasteiger partial charge in [-0.15, -0.1) is 0 Å². The minimum atomic E-state index is -0.0527. The highest BCUT2D eigenvalue weighted by Gasteiger charge is 2.17. The quantitative estimate of drug-likeness (QED) is 0.722. The van der Waals surface area contributed by atoms with E-state index in [9.17, 15) is 4.79 Å². The van der Waals surface area contributed by atoms with E-state index in [0.29, 0.717) is 42.0 Å². The zero-order chi connectivity index (χ0) is 16.4. The fraction of sp³-hybridized carbons (Fsp3) is 0.375. The van der Waals surface area contributed by atoms with E-state index in [0.717, 1.165) is 23.0 Å². The largest absolute Gasteiger partial charge is 0.384 e. The summed E-state index contributed by atoms with van der Waals surface area (Å²) < 4.78 is 6.87. The number of hydrogen-bond donors (Lipinski definition) is 2. The van der Waals surface area contributed by atoms with E-state index in [2.05, 4.69) is 10.2 Å². The number of aromatic amines is 1. The zero-order valence-electron chi connectivity index (χ0n) is 12.9. The van der Waals surface area contributed by atoms with Crippen LogP contribution in [0.4, 0.5) is 0 Å². The van der Waals surface area contributed by atoms with Crippen LogP contribution in [-0.2, 0) is 17.7 Å². The second-order valence-corrected chi connectivity index (χ2v) is 5.87. The second kappa shape index (κ2) is 6.70. The molecular formula is C16H19ClN4O2. The van der Waals surface area contributed by atoms with Gasteiger partial charge in [-0.2, -0.15) is 5.10 Å². The molecule has 2 heterocycles. The van der Waals surface area contributed by atoms with Crippen molar-refractivity contribution in [3.8, 4) is 0 Å². The van der Waals surface area contributed by atoms with Crippen LogP contribution >= 0.6 is 11.6 Å². The number of nitrogens with two attached hydrogens (primary N) is 1. The molecule has 0 saturated heterocycles. The first-order valence-corrected chi connectivity index (χ1v) is 7.93. The van der Waals surface area contributed by atoms with Crippen molar-refractivity contribution < 1.29 is 4.74 Å². The van der Waals surface area contributed by atoms with Crippen LogP contribution in [0.2, 0.25) is 5.02 Å². The lowest BCUT2D eigenvalue weighted by Gasteiger charge is -2.11. The van der Waals surface area contributed by atoms with Gasteiger partial charge >= 0.3 is 0 Å². The fourth-order valence-corrected chi connectivity index (χ4v) is 3.01. The highest BCUT2D eigenvalue weighted by atomic mass is 35.5. The number of H-pyrrole nitrogens is 1. The van der Waals surface area contributed by atoms with Gasteiger partial charge in [0.15, 0.2) is 0 Å². The summed E-state index contributed by atoms with van der Waals surface area (Å²) in [7, 11) is 1.63. The minimum absolute atomic E-state index is 0.0527. The number of rotatable bonds is 6. The summed E-state index contributed by atoms with van der Waals surface area (Å²) in [5.74, 6) is 0. The first-order valence-electron chi connectivity index (χ1n) is 7.55. The van der Waals surface area contributed by atoms with Crippen LogP contribution < -0.4 is 11.3 Å². The third-order valence-electron chi connectivity index (χ3n) is 3.95. The number of methoxy groups -OCH3 is 1. The Balaban J connectivity index is 2.32. The predicted octanol–water partition coefficient (Wildman–Crippen LogP) is 2.07. The number of nitrogens with zero attached hydrogens (tertiary/aromatic N) is 2. The number of hydrogen-bond acceptors (Lipinski definition) is 4. The molecule has 0 amide bonds. The molecule has 0 aliphatic heterocycles. The average Bonchev–Trinajstić information content (AvgIpc) is 2.97. The van der Waals surface area contributed by atoms with Gasteiger partial charge < -0.3 is 15.0 Å². The molecule has 0 fully saturated rings. The zero-order valence-corrected chi connectivity index (χ0v) is 13.7. The standard InChI is InChI=1S/C16H19ClN4O2/c1-23-8-5-12-14-15(20-19-12)11-9-10(17)3-4-13(11)21(16(14)22)7-2-6-18/h3-4,9H,2,5-8,18H2,1H3,(H,19,20). The van der Waals surface area contributed by atoms with Gasteiger partial charge in [0.2, 0.25) is 0 Å². The maximum atomic E-state index is 13.0. The van der Waals surface area contributed by atoms with E-state index in [1.54, 1.807) is 17.7 Å². The monoisotopic (exact) mass is 334 g/mol. The van der Waals surface area contributed by atoms with Crippen molar-refractivity contribution in [3.63, 3.8) is 0 Å². The van der Waals surface area contributed by atoms with Gasteiger partial charge in [0.05, 0.1) is 23.2 Å². The molecule has 1 aromatic carbocycles. The number of aryl methyl sites for hydroxylation is 1. The van der Waals surface area contributed by atoms with Gasteiger partial charge in [0.25, 0.3) is 5.56 Å². The predicted molar refractivity (Wildman–Crippen MR) is 92.1 cm³/mol. The summed E-state index contributed by atoms with van der Waals surface area (Å²) in [4.78, 5) is 13.0. The fourth-order valence-electron chi connectivity index (χ4n) is 2.84. The molecule has 3 rings (SSSR count). The van der Waals surface area contributed by atoms with Crippen LogP contribution in [0.5, 0.6) is 0 Å². The van der Waals surface area contributed by atoms with Crippen LogP contribution in [0.3, 0.4) is 0 Å². The smallest absolute Gasteiger partial charge is 0.262 e. The van der Waals surface area contributed by atoms with Gasteiger partial charge in [0.1, 0.15) is 5.52 Å². The van der Waals surface area contributed by atoms with E-state index in [1.807, 2.05) is 12.1 Å². The van der Waals surface area contributed by atoms with Crippen LogP contribution in [0.25, 0.3) is 21.8 Å². The number of fused-ring (bicyclic) bond motifs is 3. The SMILES string of the molecule is COCCc1[nH]nc2c1c(=O)n(CCCN)c1ccc(Cl)cc21. The normalized spacial score (nSPS) is 11.6. The molecule has 0 aliphatic carbocycles. The lowest BCUT2D eigenvalue weighted by molar-refractivity contribution is 0.201. The maximum absolute atomic E-state index is 13.0. The summed E-state index contributed by atoms with van der Waals surface area (Å²) >= 11 is 6.14. The molecule has 7 heteroatoms. The molecule has 0 radical (unpaired) electrons. The number of benzene rings is 1. The summed E-state index contributed by atoms with van der Waals surface area (Å²) in [6, 6.07) is 5.49. The van der Waals surface area contributed by atoms with E-state index in [4.69, 9.17) is 22.1 Å². The number of aromatic nitrogens is 3. The van der Waals surface area contributed by atoms with E-state index >= 15 is 0 Å². The molecule has 6 nitrogen and oxygen atoms in total. The van der Waals surface area contributed by atoms with Gasteiger partial charge in [-0.05, 0) is 31.2 Å². The van der Waals surface area contributed by atoms with Crippen LogP contribution in [0.1, 0.15) is 12.1 Å². The highest BCUT2D eigenvalue weighted by Crippen LogP contribution is 2.26. The third kappa shape index (κ3) is 2.85. The number of halogens is 1. The van der Waals surface area contributed by atoms with Crippen molar-refractivity contribution in [2.45, 2.75) is 19.4 Å². The van der Waals surface area contributed by atoms with Crippen molar-refractivity contribution in [2.24, 2.45) is 5.73 Å². The van der Waals surface area contributed by atoms with Crippen molar-refractivity contribution in [3.05, 3.63) is 39.3 Å². The number of pyridine rings is 1. The Kier molecular flexibility index (Phi) is 4.66. The highest BCUT2D eigenvalue weighted by molar-refractivity contribution is 6.31. The molecule has 0 bridgehead atoms. The van der Waals surface area contributed by atoms with E-state index < -0.39 is 0 Å². The third-order valence-corrected chi connectivity index (χ3v) is 4.18. The lowest BCUT2D eigenvalue weighted by Crippen LogP contribution is -2.23. The van der Waals surface area contributed by atoms with Gasteiger partial charge in [-0.3, -0.25) is 9.89 Å². The van der Waals surface area contributed by atoms with Gasteiger partial charge in [-0.1, -0.05) is 11.6 Å². The summed E-state index contributed by atoms with van der Waals surface area (Å²) in [5, 5.41) is 9.40. The Hall–Kier alpha value is -1.89. The van der Waals surface area contributed by atoms with Crippen molar-refractivity contribution in [1.82, 2.24) is 14.8 Å². The molecule has 0 unspecified atom stereocenters. The average molecular weight is 335 g/mol. The first-order chi connectivity index (χ1) is 11.2. The maximum Gasteiger partial charge on any atom is 0.262 e. The minimum Gasteiger partial charge on any atom is -0.384 e. The van der Waals surface area contributed by atoms with Crippen molar-refractivity contribution >= 4 is 33.4 Å². The number of ether oxygens (including phenoxy) is 1. The molecule has 0 atom stereocenters. The summed E-state index contributed by atoms with van der Waals surface area (Å²) in [5.41, 5.74) is 7.83. The van der Waals surface area contributed by atoms with E-state index in [-0.39, 0.29) is 5.56 Å². The second-order valence-electron chi connectivity index (χ2n) is 5.43. The lowest BCUT2D eigenvalue weighted by atomic mass is 10.1. The van der Waals surface area contributed by atoms with Gasteiger partial charge in [-0.25, -0.2) is 0 Å². The van der Waals surface area contributed by atoms with Crippen molar-refractivity contribution in [1.29, 1.82) is 0 Å². The molecule has 3 N–H and O–H groups in total. The first kappa shape index (κ1) is 16.0. The molecule has 0 saturated carbocycles. The van der Waals surface area contributed by atoms with Crippen LogP contribution in [0.15, 0.2) is 23.0 Å².